The minimum absolute atomic E-state index is 0.0717. The van der Waals surface area contributed by atoms with Gasteiger partial charge in [0.2, 0.25) is 0 Å². The molecule has 0 saturated heterocycles. The zero-order chi connectivity index (χ0) is 32.2. The van der Waals surface area contributed by atoms with Gasteiger partial charge in [-0.15, -0.1) is 10.6 Å². The highest BCUT2D eigenvalue weighted by molar-refractivity contribution is 6.68. The van der Waals surface area contributed by atoms with E-state index in [1.807, 2.05) is 60.0 Å². The Balaban J connectivity index is 1.59. The highest BCUT2D eigenvalue weighted by atomic mass is 16.2. The lowest BCUT2D eigenvalue weighted by molar-refractivity contribution is 0.0941. The summed E-state index contributed by atoms with van der Waals surface area (Å²) in [6.45, 7) is 1.86. The quantitative estimate of drug-likeness (QED) is 0.157. The third-order valence-electron chi connectivity index (χ3n) is 8.85. The van der Waals surface area contributed by atoms with Crippen LogP contribution in [0.3, 0.4) is 0 Å². The third-order valence-corrected chi connectivity index (χ3v) is 8.85. The molecular formula is C30H29B5N8O2. The van der Waals surface area contributed by atoms with Crippen LogP contribution in [0.4, 0.5) is 5.82 Å². The number of nitrogens with one attached hydrogen (secondary N) is 1. The molecule has 1 atom stereocenters. The Morgan fingerprint density at radius 1 is 0.978 bits per heavy atom. The molecule has 0 aliphatic carbocycles. The van der Waals surface area contributed by atoms with Gasteiger partial charge in [-0.2, -0.15) is 5.10 Å². The largest absolute Gasteiger partial charge is 0.381 e. The minimum atomic E-state index is -0.599. The molecule has 10 nitrogen and oxygen atoms in total. The van der Waals surface area contributed by atoms with E-state index in [9.17, 15) is 9.59 Å². The van der Waals surface area contributed by atoms with Gasteiger partial charge in [0.15, 0.2) is 11.5 Å². The number of aryl methyl sites for hydroxylation is 1. The van der Waals surface area contributed by atoms with Crippen LogP contribution in [-0.2, 0) is 7.05 Å². The van der Waals surface area contributed by atoms with E-state index in [-0.39, 0.29) is 16.9 Å². The predicted molar refractivity (Wildman–Crippen MR) is 193 cm³/mol. The van der Waals surface area contributed by atoms with Crippen molar-refractivity contribution in [3.63, 3.8) is 0 Å². The van der Waals surface area contributed by atoms with E-state index in [0.29, 0.717) is 22.3 Å². The fourth-order valence-electron chi connectivity index (χ4n) is 5.94. The Morgan fingerprint density at radius 2 is 1.69 bits per heavy atom. The number of anilines is 1. The van der Waals surface area contributed by atoms with Gasteiger partial charge in [-0.05, 0) is 42.5 Å². The SMILES string of the molecule is Bc1c(B)c(B)c(-n2c([C@H](C)NC(=O)c3c(N)nn4cccnc34)cc3cccc(C#Cc4ccnn4C)c3c2=O)c(B)c1B. The van der Waals surface area contributed by atoms with Gasteiger partial charge in [-0.3, -0.25) is 18.8 Å². The fraction of sp³-hybridized carbons (Fsp3) is 0.100. The van der Waals surface area contributed by atoms with Crippen LogP contribution >= 0.6 is 0 Å². The van der Waals surface area contributed by atoms with Crippen molar-refractivity contribution in [1.29, 1.82) is 0 Å². The molecule has 1 amide bonds. The topological polar surface area (TPSA) is 125 Å². The standard InChI is InChI=1S/C30H29B5N8O2/c1-14(39-29(44)20-27(36)40-42-12-4-10-37-28(20)42)18-13-16-6-3-5-15(7-8-17-9-11-38-41(17)2)19(16)30(45)43(18)26-24(34)22(32)21(31)23(33)25(26)35/h3-6,9-14H,31-35H2,1-2H3,(H2,36,40)(H,39,44)/t14-/m0/s1. The van der Waals surface area contributed by atoms with E-state index in [1.54, 1.807) is 33.9 Å². The number of fused-ring (bicyclic) bond motifs is 2. The summed E-state index contributed by atoms with van der Waals surface area (Å²) in [6, 6.07) is 10.5. The van der Waals surface area contributed by atoms with Gasteiger partial charge in [-0.1, -0.05) is 39.9 Å². The smallest absolute Gasteiger partial charge is 0.264 e. The van der Waals surface area contributed by atoms with Crippen LogP contribution in [0, 0.1) is 11.8 Å². The van der Waals surface area contributed by atoms with E-state index in [4.69, 9.17) is 5.73 Å². The van der Waals surface area contributed by atoms with Crippen LogP contribution in [0.2, 0.25) is 0 Å². The molecule has 15 heteroatoms. The number of pyridine rings is 1. The van der Waals surface area contributed by atoms with Crippen molar-refractivity contribution in [3.8, 4) is 17.5 Å². The lowest BCUT2D eigenvalue weighted by atomic mass is 9.61. The van der Waals surface area contributed by atoms with Crippen LogP contribution < -0.4 is 43.9 Å². The maximum Gasteiger partial charge on any atom is 0.264 e. The second-order valence-corrected chi connectivity index (χ2v) is 11.4. The van der Waals surface area contributed by atoms with Crippen molar-refractivity contribution in [2.45, 2.75) is 13.0 Å². The van der Waals surface area contributed by atoms with Crippen molar-refractivity contribution >= 4 is 94.7 Å². The Hall–Kier alpha value is -5.37. The second kappa shape index (κ2) is 11.3. The monoisotopic (exact) mass is 588 g/mol. The molecule has 0 radical (unpaired) electrons. The average molecular weight is 588 g/mol. The second-order valence-electron chi connectivity index (χ2n) is 11.4. The summed E-state index contributed by atoms with van der Waals surface area (Å²) in [4.78, 5) is 32.8. The van der Waals surface area contributed by atoms with Crippen molar-refractivity contribution in [1.82, 2.24) is 34.3 Å². The van der Waals surface area contributed by atoms with Crippen molar-refractivity contribution in [3.05, 3.63) is 87.9 Å². The first-order chi connectivity index (χ1) is 21.5. The Bertz CT molecular complexity index is 2290. The molecule has 0 fully saturated rings. The molecule has 0 aliphatic heterocycles. The number of carbonyl (C=O) groups excluding carboxylic acids is 1. The summed E-state index contributed by atoms with van der Waals surface area (Å²) in [5, 5.41) is 12.7. The van der Waals surface area contributed by atoms with Crippen LogP contribution in [0.25, 0.3) is 22.1 Å². The van der Waals surface area contributed by atoms with Gasteiger partial charge < -0.3 is 11.1 Å². The van der Waals surface area contributed by atoms with Crippen LogP contribution in [-0.4, -0.2) is 74.1 Å². The molecule has 0 saturated carbocycles. The Labute approximate surface area is 264 Å². The number of rotatable bonds is 4. The highest BCUT2D eigenvalue weighted by Gasteiger charge is 2.25. The normalized spacial score (nSPS) is 11.8. The molecule has 216 valence electrons. The van der Waals surface area contributed by atoms with Gasteiger partial charge in [0, 0.05) is 36.4 Å². The fourth-order valence-corrected chi connectivity index (χ4v) is 5.94. The zero-order valence-corrected chi connectivity index (χ0v) is 26.4. The third kappa shape index (κ3) is 4.92. The first kappa shape index (κ1) is 29.7. The predicted octanol–water partition coefficient (Wildman–Crippen LogP) is -5.47. The van der Waals surface area contributed by atoms with Gasteiger partial charge >= 0.3 is 0 Å². The summed E-state index contributed by atoms with van der Waals surface area (Å²) in [5.41, 5.74) is 14.6. The molecule has 3 N–H and O–H groups in total. The molecular weight excluding hydrogens is 558 g/mol. The summed E-state index contributed by atoms with van der Waals surface area (Å²) < 4.78 is 4.90. The van der Waals surface area contributed by atoms with Crippen molar-refractivity contribution < 1.29 is 4.79 Å². The Kier molecular flexibility index (Phi) is 7.45. The summed E-state index contributed by atoms with van der Waals surface area (Å²) in [6.07, 6.45) is 4.95. The Morgan fingerprint density at radius 3 is 2.38 bits per heavy atom. The number of nitrogen functional groups attached to an aromatic ring is 1. The number of nitrogens with zero attached hydrogens (tertiary/aromatic N) is 6. The van der Waals surface area contributed by atoms with Gasteiger partial charge in [0.25, 0.3) is 11.5 Å². The molecule has 0 spiro atoms. The molecule has 6 aromatic rings. The van der Waals surface area contributed by atoms with E-state index < -0.39 is 11.9 Å². The number of amides is 1. The zero-order valence-electron chi connectivity index (χ0n) is 26.4. The number of aromatic nitrogens is 6. The number of nitrogens with two attached hydrogens (primary N) is 1. The minimum Gasteiger partial charge on any atom is -0.381 e. The van der Waals surface area contributed by atoms with E-state index >= 15 is 0 Å². The van der Waals surface area contributed by atoms with Crippen LogP contribution in [0.5, 0.6) is 0 Å². The number of hydrogen-bond donors (Lipinski definition) is 2. The van der Waals surface area contributed by atoms with E-state index in [0.717, 1.165) is 38.6 Å². The van der Waals surface area contributed by atoms with Crippen LogP contribution in [0.15, 0.2) is 59.8 Å². The molecule has 45 heavy (non-hydrogen) atoms. The van der Waals surface area contributed by atoms with E-state index in [2.05, 4.69) is 55.9 Å². The molecule has 2 aromatic carbocycles. The molecule has 4 aromatic heterocycles. The highest BCUT2D eigenvalue weighted by Crippen LogP contribution is 2.23. The summed E-state index contributed by atoms with van der Waals surface area (Å²) in [7, 11) is 12.1. The maximum atomic E-state index is 14.8. The van der Waals surface area contributed by atoms with Gasteiger partial charge in [-0.25, -0.2) is 9.50 Å². The van der Waals surface area contributed by atoms with E-state index in [1.165, 1.54) is 9.98 Å². The maximum absolute atomic E-state index is 14.8. The molecule has 0 aliphatic rings. The molecule has 6 rings (SSSR count). The van der Waals surface area contributed by atoms with Crippen molar-refractivity contribution in [2.24, 2.45) is 7.05 Å². The number of hydrogen-bond acceptors (Lipinski definition) is 6. The number of benzene rings is 2. The van der Waals surface area contributed by atoms with Gasteiger partial charge in [0.1, 0.15) is 50.5 Å². The van der Waals surface area contributed by atoms with Crippen molar-refractivity contribution in [2.75, 3.05) is 5.73 Å². The number of carbonyl (C=O) groups is 1. The lowest BCUT2D eigenvalue weighted by Gasteiger charge is -2.26. The van der Waals surface area contributed by atoms with Crippen LogP contribution in [0.1, 0.15) is 40.3 Å². The summed E-state index contributed by atoms with van der Waals surface area (Å²) >= 11 is 0. The average Bonchev–Trinajstić information content (AvgIpc) is 3.59. The first-order valence-electron chi connectivity index (χ1n) is 14.6. The molecule has 0 unspecified atom stereocenters. The molecule has 4 heterocycles. The van der Waals surface area contributed by atoms with Gasteiger partial charge in [0.05, 0.1) is 17.6 Å². The first-order valence-corrected chi connectivity index (χ1v) is 14.6. The molecule has 0 bridgehead atoms. The lowest BCUT2D eigenvalue weighted by Crippen LogP contribution is -2.57. The summed E-state index contributed by atoms with van der Waals surface area (Å²) in [5.74, 6) is 6.00.